The van der Waals surface area contributed by atoms with E-state index >= 15 is 0 Å². The van der Waals surface area contributed by atoms with E-state index in [0.717, 1.165) is 77.5 Å². The van der Waals surface area contributed by atoms with Crippen molar-refractivity contribution in [3.8, 4) is 44.9 Å². The van der Waals surface area contributed by atoms with E-state index in [1.807, 2.05) is 30.3 Å². The van der Waals surface area contributed by atoms with Crippen molar-refractivity contribution in [1.82, 2.24) is 9.97 Å². The van der Waals surface area contributed by atoms with Gasteiger partial charge in [0.2, 0.25) is 0 Å². The maximum atomic E-state index is 6.76. The Morgan fingerprint density at radius 1 is 0.375 bits per heavy atom. The monoisotopic (exact) mass is 614 g/mol. The van der Waals surface area contributed by atoms with Crippen molar-refractivity contribution in [1.29, 1.82) is 0 Å². The molecule has 7 aromatic carbocycles. The summed E-state index contributed by atoms with van der Waals surface area (Å²) in [5.74, 6) is 0.616. The van der Waals surface area contributed by atoms with E-state index in [-0.39, 0.29) is 0 Å². The summed E-state index contributed by atoms with van der Waals surface area (Å²) in [5.41, 5.74) is 11.0. The van der Waals surface area contributed by atoms with Crippen molar-refractivity contribution in [3.05, 3.63) is 158 Å². The SMILES string of the molecule is c1ccc(-c2cccc(-c3nc(-c4ccc5c(c4)oc4c(-c6ccccc6)c6ccccc6cc45)nc4c3oc3ccccc34)c2)cc1. The molecule has 0 unspecified atom stereocenters. The predicted molar refractivity (Wildman–Crippen MR) is 196 cm³/mol. The first-order valence-corrected chi connectivity index (χ1v) is 16.1. The fourth-order valence-corrected chi connectivity index (χ4v) is 7.00. The second kappa shape index (κ2) is 10.5. The van der Waals surface area contributed by atoms with Gasteiger partial charge in [-0.05, 0) is 63.9 Å². The van der Waals surface area contributed by atoms with E-state index in [1.165, 1.54) is 10.8 Å². The smallest absolute Gasteiger partial charge is 0.180 e. The zero-order valence-electron chi connectivity index (χ0n) is 25.7. The summed E-state index contributed by atoms with van der Waals surface area (Å²) >= 11 is 0. The van der Waals surface area contributed by atoms with Gasteiger partial charge in [-0.1, -0.05) is 121 Å². The van der Waals surface area contributed by atoms with Crippen molar-refractivity contribution in [3.63, 3.8) is 0 Å². The number of para-hydroxylation sites is 1. The molecule has 0 saturated heterocycles. The first kappa shape index (κ1) is 26.7. The molecule has 4 nitrogen and oxygen atoms in total. The van der Waals surface area contributed by atoms with Gasteiger partial charge in [-0.3, -0.25) is 0 Å². The molecule has 0 saturated carbocycles. The van der Waals surface area contributed by atoms with Crippen LogP contribution >= 0.6 is 0 Å². The second-order valence-electron chi connectivity index (χ2n) is 12.1. The number of hydrogen-bond acceptors (Lipinski definition) is 4. The van der Waals surface area contributed by atoms with E-state index in [2.05, 4.69) is 127 Å². The van der Waals surface area contributed by atoms with Crippen molar-refractivity contribution in [2.24, 2.45) is 0 Å². The summed E-state index contributed by atoms with van der Waals surface area (Å²) in [5, 5.41) is 5.45. The normalized spacial score (nSPS) is 11.8. The molecule has 0 amide bonds. The van der Waals surface area contributed by atoms with E-state index in [4.69, 9.17) is 18.8 Å². The first-order valence-electron chi connectivity index (χ1n) is 16.1. The number of nitrogens with zero attached hydrogens (tertiary/aromatic N) is 2. The zero-order chi connectivity index (χ0) is 31.6. The average molecular weight is 615 g/mol. The highest BCUT2D eigenvalue weighted by Crippen LogP contribution is 2.42. The third-order valence-corrected chi connectivity index (χ3v) is 9.27. The summed E-state index contributed by atoms with van der Waals surface area (Å²) in [6, 6.07) is 54.4. The van der Waals surface area contributed by atoms with E-state index in [0.29, 0.717) is 11.4 Å². The lowest BCUT2D eigenvalue weighted by Gasteiger charge is -2.08. The topological polar surface area (TPSA) is 52.1 Å². The largest absolute Gasteiger partial charge is 0.455 e. The molecule has 0 atom stereocenters. The fourth-order valence-electron chi connectivity index (χ4n) is 7.00. The number of rotatable bonds is 4. The molecule has 0 aliphatic rings. The maximum Gasteiger partial charge on any atom is 0.180 e. The molecule has 0 N–H and O–H groups in total. The Balaban J connectivity index is 1.21. The van der Waals surface area contributed by atoms with Crippen LogP contribution in [0.4, 0.5) is 0 Å². The number of furan rings is 2. The minimum Gasteiger partial charge on any atom is -0.455 e. The van der Waals surface area contributed by atoms with Gasteiger partial charge in [-0.25, -0.2) is 9.97 Å². The van der Waals surface area contributed by atoms with Crippen LogP contribution in [0.2, 0.25) is 0 Å². The molecule has 0 aliphatic heterocycles. The van der Waals surface area contributed by atoms with Crippen molar-refractivity contribution in [2.45, 2.75) is 0 Å². The van der Waals surface area contributed by atoms with Gasteiger partial charge in [0.05, 0.1) is 0 Å². The van der Waals surface area contributed by atoms with Crippen LogP contribution < -0.4 is 0 Å². The standard InChI is InChI=1S/C44H26N2O2/c1-3-12-27(13-4-1)29-17-11-18-31(24-29)40-43-41(35-20-9-10-21-37(35)47-43)46-44(45-40)32-22-23-34-36-25-30-16-7-8-19-33(30)39(28-14-5-2-6-15-28)42(36)48-38(34)26-32/h1-26H. The molecule has 0 radical (unpaired) electrons. The fraction of sp³-hybridized carbons (Fsp3) is 0. The number of fused-ring (bicyclic) bond motifs is 7. The molecule has 0 bridgehead atoms. The van der Waals surface area contributed by atoms with Crippen LogP contribution in [0.25, 0.3) is 99.7 Å². The summed E-state index contributed by atoms with van der Waals surface area (Å²) < 4.78 is 13.2. The van der Waals surface area contributed by atoms with Crippen LogP contribution in [-0.2, 0) is 0 Å². The highest BCUT2D eigenvalue weighted by atomic mass is 16.3. The first-order chi connectivity index (χ1) is 23.8. The van der Waals surface area contributed by atoms with E-state index in [9.17, 15) is 0 Å². The van der Waals surface area contributed by atoms with Gasteiger partial charge in [0.1, 0.15) is 28.0 Å². The number of hydrogen-bond donors (Lipinski definition) is 0. The van der Waals surface area contributed by atoms with E-state index < -0.39 is 0 Å². The second-order valence-corrected chi connectivity index (χ2v) is 12.1. The van der Waals surface area contributed by atoms with Gasteiger partial charge in [-0.15, -0.1) is 0 Å². The Morgan fingerprint density at radius 2 is 1.06 bits per heavy atom. The van der Waals surface area contributed by atoms with Crippen LogP contribution in [0.15, 0.2) is 167 Å². The summed E-state index contributed by atoms with van der Waals surface area (Å²) in [7, 11) is 0. The molecular formula is C44H26N2O2. The highest BCUT2D eigenvalue weighted by Gasteiger charge is 2.21. The lowest BCUT2D eigenvalue weighted by Crippen LogP contribution is -1.94. The summed E-state index contributed by atoms with van der Waals surface area (Å²) in [4.78, 5) is 10.3. The Kier molecular flexibility index (Phi) is 5.84. The molecule has 3 aromatic heterocycles. The molecule has 0 fully saturated rings. The van der Waals surface area contributed by atoms with Crippen LogP contribution in [0.1, 0.15) is 0 Å². The molecular weight excluding hydrogens is 588 g/mol. The van der Waals surface area contributed by atoms with Gasteiger partial charge in [0, 0.05) is 32.8 Å². The molecule has 3 heterocycles. The minimum absolute atomic E-state index is 0.616. The molecule has 4 heteroatoms. The maximum absolute atomic E-state index is 6.76. The Bertz CT molecular complexity index is 2830. The lowest BCUT2D eigenvalue weighted by molar-refractivity contribution is 0.667. The van der Waals surface area contributed by atoms with Crippen LogP contribution in [-0.4, -0.2) is 9.97 Å². The van der Waals surface area contributed by atoms with Crippen molar-refractivity contribution >= 4 is 54.8 Å². The molecule has 10 aromatic rings. The average Bonchev–Trinajstić information content (AvgIpc) is 3.72. The third kappa shape index (κ3) is 4.16. The predicted octanol–water partition coefficient (Wildman–Crippen LogP) is 12.1. The van der Waals surface area contributed by atoms with Crippen LogP contribution in [0.5, 0.6) is 0 Å². The molecule has 0 spiro atoms. The van der Waals surface area contributed by atoms with E-state index in [1.54, 1.807) is 0 Å². The Morgan fingerprint density at radius 3 is 1.92 bits per heavy atom. The lowest BCUT2D eigenvalue weighted by atomic mass is 9.95. The third-order valence-electron chi connectivity index (χ3n) is 9.27. The molecule has 10 rings (SSSR count). The highest BCUT2D eigenvalue weighted by molar-refractivity contribution is 6.18. The van der Waals surface area contributed by atoms with Crippen LogP contribution in [0, 0.1) is 0 Å². The molecule has 224 valence electrons. The van der Waals surface area contributed by atoms with Crippen LogP contribution in [0.3, 0.4) is 0 Å². The zero-order valence-corrected chi connectivity index (χ0v) is 25.7. The quantitative estimate of drug-likeness (QED) is 0.198. The molecule has 0 aliphatic carbocycles. The van der Waals surface area contributed by atoms with Crippen molar-refractivity contribution < 1.29 is 8.83 Å². The number of benzene rings is 7. The van der Waals surface area contributed by atoms with Gasteiger partial charge in [0.25, 0.3) is 0 Å². The summed E-state index contributed by atoms with van der Waals surface area (Å²) in [6.07, 6.45) is 0. The van der Waals surface area contributed by atoms with Gasteiger partial charge < -0.3 is 8.83 Å². The van der Waals surface area contributed by atoms with Crippen molar-refractivity contribution in [2.75, 3.05) is 0 Å². The number of aromatic nitrogens is 2. The minimum atomic E-state index is 0.616. The molecule has 48 heavy (non-hydrogen) atoms. The Labute approximate surface area is 275 Å². The van der Waals surface area contributed by atoms with Gasteiger partial charge >= 0.3 is 0 Å². The van der Waals surface area contributed by atoms with Gasteiger partial charge in [0.15, 0.2) is 11.4 Å². The van der Waals surface area contributed by atoms with Gasteiger partial charge in [-0.2, -0.15) is 0 Å². The summed E-state index contributed by atoms with van der Waals surface area (Å²) in [6.45, 7) is 0. The Hall–Kier alpha value is -6.52.